The molecule has 0 saturated heterocycles. The minimum atomic E-state index is -0.864. The predicted octanol–water partition coefficient (Wildman–Crippen LogP) is 2.78. The number of ketones is 1. The molecule has 0 heterocycles. The molecule has 90 valence electrons. The molecule has 0 saturated carbocycles. The Morgan fingerprint density at radius 3 is 2.25 bits per heavy atom. The van der Waals surface area contributed by atoms with Crippen LogP contribution in [-0.4, -0.2) is 16.9 Å². The lowest BCUT2D eigenvalue weighted by atomic mass is 10.1. The van der Waals surface area contributed by atoms with E-state index >= 15 is 0 Å². The van der Waals surface area contributed by atoms with E-state index in [0.717, 1.165) is 38.5 Å². The molecule has 1 N–H and O–H groups in total. The van der Waals surface area contributed by atoms with E-state index in [1.807, 2.05) is 0 Å². The molecule has 0 aromatic carbocycles. The minimum Gasteiger partial charge on any atom is -0.481 e. The van der Waals surface area contributed by atoms with Crippen LogP contribution in [0.15, 0.2) is 0 Å². The molecular formula is C13H20O3. The first-order valence-corrected chi connectivity index (χ1v) is 5.80. The highest BCUT2D eigenvalue weighted by Gasteiger charge is 1.93. The third kappa shape index (κ3) is 12.7. The SMILES string of the molecule is CC(=O)CCCCCCCC#CCC(=O)O. The molecule has 0 aliphatic carbocycles. The van der Waals surface area contributed by atoms with Gasteiger partial charge < -0.3 is 9.90 Å². The smallest absolute Gasteiger partial charge is 0.315 e. The second-order valence-electron chi connectivity index (χ2n) is 3.89. The van der Waals surface area contributed by atoms with Gasteiger partial charge in [0.15, 0.2) is 0 Å². The Labute approximate surface area is 97.2 Å². The molecular weight excluding hydrogens is 204 g/mol. The summed E-state index contributed by atoms with van der Waals surface area (Å²) in [5.74, 6) is 4.85. The monoisotopic (exact) mass is 224 g/mol. The number of carbonyl (C=O) groups is 2. The third-order valence-corrected chi connectivity index (χ3v) is 2.20. The Kier molecular flexibility index (Phi) is 9.39. The van der Waals surface area contributed by atoms with Crippen LogP contribution < -0.4 is 0 Å². The number of hydrogen-bond acceptors (Lipinski definition) is 2. The number of rotatable bonds is 8. The lowest BCUT2D eigenvalue weighted by molar-refractivity contribution is -0.135. The quantitative estimate of drug-likeness (QED) is 0.509. The van der Waals surface area contributed by atoms with Crippen LogP contribution in [0.3, 0.4) is 0 Å². The van der Waals surface area contributed by atoms with Crippen molar-refractivity contribution in [2.45, 2.75) is 58.3 Å². The van der Waals surface area contributed by atoms with Crippen molar-refractivity contribution in [1.29, 1.82) is 0 Å². The first-order chi connectivity index (χ1) is 7.63. The summed E-state index contributed by atoms with van der Waals surface area (Å²) in [6.07, 6.45) is 6.76. The number of hydrogen-bond donors (Lipinski definition) is 1. The molecule has 0 rings (SSSR count). The molecule has 0 aliphatic heterocycles. The fourth-order valence-corrected chi connectivity index (χ4v) is 1.34. The van der Waals surface area contributed by atoms with E-state index in [0.29, 0.717) is 6.42 Å². The van der Waals surface area contributed by atoms with Crippen molar-refractivity contribution in [2.75, 3.05) is 0 Å². The number of carboxylic acid groups (broad SMARTS) is 1. The zero-order valence-electron chi connectivity index (χ0n) is 9.92. The van der Waals surface area contributed by atoms with Gasteiger partial charge in [0.05, 0.1) is 0 Å². The van der Waals surface area contributed by atoms with Crippen LogP contribution >= 0.6 is 0 Å². The first kappa shape index (κ1) is 14.7. The summed E-state index contributed by atoms with van der Waals surface area (Å²) in [6, 6.07) is 0. The molecule has 3 nitrogen and oxygen atoms in total. The molecule has 0 atom stereocenters. The second kappa shape index (κ2) is 10.2. The van der Waals surface area contributed by atoms with E-state index in [2.05, 4.69) is 11.8 Å². The average molecular weight is 224 g/mol. The highest BCUT2D eigenvalue weighted by Crippen LogP contribution is 2.06. The molecule has 0 unspecified atom stereocenters. The summed E-state index contributed by atoms with van der Waals surface area (Å²) in [6.45, 7) is 1.62. The van der Waals surface area contributed by atoms with Crippen molar-refractivity contribution in [3.8, 4) is 11.8 Å². The third-order valence-electron chi connectivity index (χ3n) is 2.20. The molecule has 0 bridgehead atoms. The van der Waals surface area contributed by atoms with E-state index < -0.39 is 5.97 Å². The van der Waals surface area contributed by atoms with Gasteiger partial charge in [0, 0.05) is 12.8 Å². The molecule has 0 spiro atoms. The molecule has 3 heteroatoms. The van der Waals surface area contributed by atoms with E-state index in [1.54, 1.807) is 6.92 Å². The van der Waals surface area contributed by atoms with Crippen molar-refractivity contribution in [3.63, 3.8) is 0 Å². The molecule has 16 heavy (non-hydrogen) atoms. The maximum atomic E-state index is 10.6. The predicted molar refractivity (Wildman–Crippen MR) is 63.0 cm³/mol. The van der Waals surface area contributed by atoms with Crippen molar-refractivity contribution < 1.29 is 14.7 Å². The van der Waals surface area contributed by atoms with Gasteiger partial charge in [0.1, 0.15) is 12.2 Å². The van der Waals surface area contributed by atoms with Crippen LogP contribution in [0.5, 0.6) is 0 Å². The Hall–Kier alpha value is -1.30. The van der Waals surface area contributed by atoms with Crippen molar-refractivity contribution in [1.82, 2.24) is 0 Å². The number of aliphatic carboxylic acids is 1. The zero-order valence-corrected chi connectivity index (χ0v) is 9.92. The van der Waals surface area contributed by atoms with Crippen molar-refractivity contribution in [3.05, 3.63) is 0 Å². The van der Waals surface area contributed by atoms with Crippen LogP contribution in [0.4, 0.5) is 0 Å². The standard InChI is InChI=1S/C13H20O3/c1-12(14)10-8-6-4-2-3-5-7-9-11-13(15)16/h2-6,8,10-11H2,1H3,(H,15,16). The van der Waals surface area contributed by atoms with Crippen molar-refractivity contribution in [2.24, 2.45) is 0 Å². The lowest BCUT2D eigenvalue weighted by Gasteiger charge is -1.97. The van der Waals surface area contributed by atoms with Gasteiger partial charge in [-0.3, -0.25) is 4.79 Å². The van der Waals surface area contributed by atoms with Crippen LogP contribution in [0.1, 0.15) is 58.3 Å². The summed E-state index contributed by atoms with van der Waals surface area (Å²) in [5.41, 5.74) is 0. The van der Waals surface area contributed by atoms with Crippen molar-refractivity contribution >= 4 is 11.8 Å². The van der Waals surface area contributed by atoms with Gasteiger partial charge in [-0.15, -0.1) is 5.92 Å². The Bertz CT molecular complexity index is 271. The Morgan fingerprint density at radius 2 is 1.62 bits per heavy atom. The summed E-state index contributed by atoms with van der Waals surface area (Å²) in [4.78, 5) is 20.8. The number of carboxylic acids is 1. The lowest BCUT2D eigenvalue weighted by Crippen LogP contribution is -1.90. The van der Waals surface area contributed by atoms with Crippen LogP contribution in [0.2, 0.25) is 0 Å². The topological polar surface area (TPSA) is 54.4 Å². The minimum absolute atomic E-state index is 0.0569. The Morgan fingerprint density at radius 1 is 1.00 bits per heavy atom. The summed E-state index contributed by atoms with van der Waals surface area (Å²) in [7, 11) is 0. The largest absolute Gasteiger partial charge is 0.481 e. The van der Waals surface area contributed by atoms with E-state index in [-0.39, 0.29) is 12.2 Å². The van der Waals surface area contributed by atoms with E-state index in [9.17, 15) is 9.59 Å². The van der Waals surface area contributed by atoms with Crippen LogP contribution in [0, 0.1) is 11.8 Å². The fraction of sp³-hybridized carbons (Fsp3) is 0.692. The van der Waals surface area contributed by atoms with Gasteiger partial charge >= 0.3 is 5.97 Å². The average Bonchev–Trinajstić information content (AvgIpc) is 2.20. The summed E-state index contributed by atoms with van der Waals surface area (Å²) < 4.78 is 0. The Balaban J connectivity index is 3.17. The number of carbonyl (C=O) groups excluding carboxylic acids is 1. The van der Waals surface area contributed by atoms with Gasteiger partial charge in [0.2, 0.25) is 0 Å². The summed E-state index contributed by atoms with van der Waals surface area (Å²) >= 11 is 0. The molecule has 0 aliphatic rings. The highest BCUT2D eigenvalue weighted by atomic mass is 16.4. The van der Waals surface area contributed by atoms with Crippen LogP contribution in [-0.2, 0) is 9.59 Å². The van der Waals surface area contributed by atoms with Gasteiger partial charge in [-0.1, -0.05) is 25.2 Å². The number of unbranched alkanes of at least 4 members (excludes halogenated alkanes) is 5. The van der Waals surface area contributed by atoms with Gasteiger partial charge in [-0.05, 0) is 19.8 Å². The molecule has 0 fully saturated rings. The first-order valence-electron chi connectivity index (χ1n) is 5.80. The maximum absolute atomic E-state index is 10.6. The van der Waals surface area contributed by atoms with E-state index in [4.69, 9.17) is 5.11 Å². The van der Waals surface area contributed by atoms with Gasteiger partial charge in [-0.25, -0.2) is 0 Å². The van der Waals surface area contributed by atoms with Gasteiger partial charge in [-0.2, -0.15) is 0 Å². The van der Waals surface area contributed by atoms with Gasteiger partial charge in [0.25, 0.3) is 0 Å². The summed E-state index contributed by atoms with van der Waals surface area (Å²) in [5, 5.41) is 8.33. The van der Waals surface area contributed by atoms with Crippen LogP contribution in [0.25, 0.3) is 0 Å². The maximum Gasteiger partial charge on any atom is 0.315 e. The highest BCUT2D eigenvalue weighted by molar-refractivity contribution is 5.75. The molecule has 0 aromatic rings. The second-order valence-corrected chi connectivity index (χ2v) is 3.89. The normalized spacial score (nSPS) is 9.31. The fourth-order valence-electron chi connectivity index (χ4n) is 1.34. The zero-order chi connectivity index (χ0) is 12.2. The molecule has 0 amide bonds. The molecule has 0 radical (unpaired) electrons. The number of Topliss-reactive ketones (excluding diaryl/α,β-unsaturated/α-hetero) is 1. The van der Waals surface area contributed by atoms with E-state index in [1.165, 1.54) is 0 Å². The molecule has 0 aromatic heterocycles.